The summed E-state index contributed by atoms with van der Waals surface area (Å²) in [6.45, 7) is 3.51. The number of piperidine rings is 1. The molecule has 0 unspecified atom stereocenters. The molecule has 1 aromatic heterocycles. The molecule has 3 heterocycles. The Morgan fingerprint density at radius 1 is 1.00 bits per heavy atom. The standard InChI is InChI=1S/C19H30N4O3S/c24-19-8-3-1-4-12-22(19)13-7-11-20-18-10-9-17(16-21-18)27(25,26)23-14-5-2-6-15-23/h9-10,16H,1-8,11-15H2,(H,20,21). The van der Waals surface area contributed by atoms with Gasteiger partial charge < -0.3 is 10.2 Å². The molecule has 8 heteroatoms. The van der Waals surface area contributed by atoms with E-state index in [1.54, 1.807) is 16.4 Å². The van der Waals surface area contributed by atoms with Crippen LogP contribution < -0.4 is 5.32 Å². The quantitative estimate of drug-likeness (QED) is 0.719. The van der Waals surface area contributed by atoms with Crippen LogP contribution in [-0.4, -0.2) is 61.2 Å². The smallest absolute Gasteiger partial charge is 0.244 e. The molecular weight excluding hydrogens is 364 g/mol. The van der Waals surface area contributed by atoms with Crippen molar-refractivity contribution in [1.82, 2.24) is 14.2 Å². The number of carbonyl (C=O) groups excluding carboxylic acids is 1. The number of pyridine rings is 1. The lowest BCUT2D eigenvalue weighted by atomic mass is 10.2. The number of rotatable bonds is 7. The molecule has 0 atom stereocenters. The van der Waals surface area contributed by atoms with Crippen LogP contribution in [0.25, 0.3) is 0 Å². The third-order valence-electron chi connectivity index (χ3n) is 5.27. The highest BCUT2D eigenvalue weighted by molar-refractivity contribution is 7.89. The Bertz CT molecular complexity index is 715. The average molecular weight is 395 g/mol. The molecule has 150 valence electrons. The molecule has 27 heavy (non-hydrogen) atoms. The highest BCUT2D eigenvalue weighted by Gasteiger charge is 2.26. The van der Waals surface area contributed by atoms with Crippen LogP contribution >= 0.6 is 0 Å². The van der Waals surface area contributed by atoms with Gasteiger partial charge in [-0.25, -0.2) is 13.4 Å². The highest BCUT2D eigenvalue weighted by atomic mass is 32.2. The van der Waals surface area contributed by atoms with E-state index < -0.39 is 10.0 Å². The van der Waals surface area contributed by atoms with Gasteiger partial charge in [-0.05, 0) is 44.2 Å². The minimum atomic E-state index is -3.43. The topological polar surface area (TPSA) is 82.6 Å². The lowest BCUT2D eigenvalue weighted by Crippen LogP contribution is -2.35. The van der Waals surface area contributed by atoms with Crippen molar-refractivity contribution < 1.29 is 13.2 Å². The summed E-state index contributed by atoms with van der Waals surface area (Å²) in [4.78, 5) is 18.4. The van der Waals surface area contributed by atoms with Crippen LogP contribution in [0.4, 0.5) is 5.82 Å². The van der Waals surface area contributed by atoms with Crippen molar-refractivity contribution in [3.05, 3.63) is 18.3 Å². The summed E-state index contributed by atoms with van der Waals surface area (Å²) < 4.78 is 26.8. The molecule has 1 N–H and O–H groups in total. The number of hydrogen-bond acceptors (Lipinski definition) is 5. The maximum atomic E-state index is 12.6. The second kappa shape index (κ2) is 9.50. The van der Waals surface area contributed by atoms with E-state index in [0.717, 1.165) is 58.0 Å². The largest absolute Gasteiger partial charge is 0.370 e. The number of sulfonamides is 1. The maximum absolute atomic E-state index is 12.6. The fraction of sp³-hybridized carbons (Fsp3) is 0.684. The van der Waals surface area contributed by atoms with Crippen molar-refractivity contribution >= 4 is 21.7 Å². The Balaban J connectivity index is 1.47. The number of aromatic nitrogens is 1. The molecule has 0 radical (unpaired) electrons. The average Bonchev–Trinajstić information content (AvgIpc) is 2.90. The fourth-order valence-corrected chi connectivity index (χ4v) is 5.12. The molecule has 2 aliphatic rings. The Morgan fingerprint density at radius 2 is 1.74 bits per heavy atom. The fourth-order valence-electron chi connectivity index (χ4n) is 3.65. The molecule has 1 amide bonds. The van der Waals surface area contributed by atoms with Crippen LogP contribution in [0.3, 0.4) is 0 Å². The van der Waals surface area contributed by atoms with Crippen LogP contribution in [0.5, 0.6) is 0 Å². The lowest BCUT2D eigenvalue weighted by Gasteiger charge is -2.25. The minimum Gasteiger partial charge on any atom is -0.370 e. The summed E-state index contributed by atoms with van der Waals surface area (Å²) >= 11 is 0. The van der Waals surface area contributed by atoms with E-state index in [-0.39, 0.29) is 10.8 Å². The van der Waals surface area contributed by atoms with E-state index in [1.165, 1.54) is 6.20 Å². The van der Waals surface area contributed by atoms with Gasteiger partial charge in [0.15, 0.2) is 0 Å². The van der Waals surface area contributed by atoms with Crippen molar-refractivity contribution in [3.8, 4) is 0 Å². The first-order chi connectivity index (χ1) is 13.1. The number of anilines is 1. The van der Waals surface area contributed by atoms with Gasteiger partial charge in [0.1, 0.15) is 10.7 Å². The van der Waals surface area contributed by atoms with Crippen LogP contribution in [-0.2, 0) is 14.8 Å². The van der Waals surface area contributed by atoms with Gasteiger partial charge in [0.05, 0.1) is 0 Å². The normalized spacial score (nSPS) is 19.7. The highest BCUT2D eigenvalue weighted by Crippen LogP contribution is 2.20. The minimum absolute atomic E-state index is 0.255. The predicted molar refractivity (Wildman–Crippen MR) is 105 cm³/mol. The molecule has 0 bridgehead atoms. The molecule has 3 rings (SSSR count). The first kappa shape index (κ1) is 20.1. The van der Waals surface area contributed by atoms with Crippen molar-refractivity contribution in [2.45, 2.75) is 56.3 Å². The van der Waals surface area contributed by atoms with E-state index in [0.29, 0.717) is 31.9 Å². The van der Waals surface area contributed by atoms with Crippen LogP contribution in [0, 0.1) is 0 Å². The maximum Gasteiger partial charge on any atom is 0.244 e. The Hall–Kier alpha value is -1.67. The van der Waals surface area contributed by atoms with Crippen molar-refractivity contribution in [2.24, 2.45) is 0 Å². The number of nitrogens with zero attached hydrogens (tertiary/aromatic N) is 3. The zero-order chi connectivity index (χ0) is 19.1. The van der Waals surface area contributed by atoms with Gasteiger partial charge in [-0.1, -0.05) is 12.8 Å². The van der Waals surface area contributed by atoms with Crippen molar-refractivity contribution in [1.29, 1.82) is 0 Å². The van der Waals surface area contributed by atoms with Crippen LogP contribution in [0.2, 0.25) is 0 Å². The molecule has 2 saturated heterocycles. The zero-order valence-electron chi connectivity index (χ0n) is 15.9. The Morgan fingerprint density at radius 3 is 2.48 bits per heavy atom. The van der Waals surface area contributed by atoms with Crippen LogP contribution in [0.1, 0.15) is 51.4 Å². The molecule has 2 fully saturated rings. The van der Waals surface area contributed by atoms with Gasteiger partial charge in [0, 0.05) is 45.3 Å². The second-order valence-corrected chi connectivity index (χ2v) is 9.25. The third kappa shape index (κ3) is 5.42. The lowest BCUT2D eigenvalue weighted by molar-refractivity contribution is -0.130. The van der Waals surface area contributed by atoms with Gasteiger partial charge in [-0.15, -0.1) is 0 Å². The summed E-state index contributed by atoms with van der Waals surface area (Å²) in [6, 6.07) is 3.34. The Kier molecular flexibility index (Phi) is 7.07. The van der Waals surface area contributed by atoms with Gasteiger partial charge in [-0.3, -0.25) is 4.79 Å². The zero-order valence-corrected chi connectivity index (χ0v) is 16.7. The third-order valence-corrected chi connectivity index (χ3v) is 7.15. The number of likely N-dealkylation sites (tertiary alicyclic amines) is 1. The SMILES string of the molecule is O=C1CCCCCN1CCCNc1ccc(S(=O)(=O)N2CCCCC2)cn1. The second-order valence-electron chi connectivity index (χ2n) is 7.32. The first-order valence-electron chi connectivity index (χ1n) is 10.1. The van der Waals surface area contributed by atoms with Gasteiger partial charge >= 0.3 is 0 Å². The van der Waals surface area contributed by atoms with Crippen molar-refractivity contribution in [2.75, 3.05) is 38.0 Å². The molecule has 0 aromatic carbocycles. The molecule has 7 nitrogen and oxygen atoms in total. The number of amides is 1. The molecule has 1 aromatic rings. The molecule has 0 aliphatic carbocycles. The molecule has 0 spiro atoms. The van der Waals surface area contributed by atoms with Gasteiger partial charge in [-0.2, -0.15) is 4.31 Å². The molecule has 2 aliphatic heterocycles. The monoisotopic (exact) mass is 394 g/mol. The summed E-state index contributed by atoms with van der Waals surface area (Å²) in [5.74, 6) is 0.924. The summed E-state index contributed by atoms with van der Waals surface area (Å²) in [7, 11) is -3.43. The van der Waals surface area contributed by atoms with E-state index >= 15 is 0 Å². The number of nitrogens with one attached hydrogen (secondary N) is 1. The number of hydrogen-bond donors (Lipinski definition) is 1. The van der Waals surface area contributed by atoms with Crippen molar-refractivity contribution in [3.63, 3.8) is 0 Å². The number of carbonyl (C=O) groups is 1. The van der Waals surface area contributed by atoms with E-state index in [4.69, 9.17) is 0 Å². The predicted octanol–water partition coefficient (Wildman–Crippen LogP) is 2.46. The Labute approximate surface area is 162 Å². The first-order valence-corrected chi connectivity index (χ1v) is 11.5. The van der Waals surface area contributed by atoms with Crippen LogP contribution in [0.15, 0.2) is 23.2 Å². The summed E-state index contributed by atoms with van der Waals surface area (Å²) in [5.41, 5.74) is 0. The summed E-state index contributed by atoms with van der Waals surface area (Å²) in [6.07, 6.45) is 9.12. The summed E-state index contributed by atoms with van der Waals surface area (Å²) in [5, 5.41) is 3.22. The van der Waals surface area contributed by atoms with E-state index in [2.05, 4.69) is 10.3 Å². The van der Waals surface area contributed by atoms with Gasteiger partial charge in [0.25, 0.3) is 0 Å². The van der Waals surface area contributed by atoms with E-state index in [9.17, 15) is 13.2 Å². The van der Waals surface area contributed by atoms with Gasteiger partial charge in [0.2, 0.25) is 15.9 Å². The molecular formula is C19H30N4O3S. The molecule has 0 saturated carbocycles. The van der Waals surface area contributed by atoms with E-state index in [1.807, 2.05) is 4.90 Å².